The SMILES string of the molecule is NCC1CCN(CC(=O)N2CCSc3ccccc32)C1. The zero-order chi connectivity index (χ0) is 13.9. The fraction of sp³-hybridized carbons (Fsp3) is 0.533. The van der Waals surface area contributed by atoms with E-state index in [1.54, 1.807) is 0 Å². The number of hydrogen-bond donors (Lipinski definition) is 1. The normalized spacial score (nSPS) is 22.9. The highest BCUT2D eigenvalue weighted by atomic mass is 32.2. The predicted octanol–water partition coefficient (Wildman–Crippen LogP) is 1.41. The quantitative estimate of drug-likeness (QED) is 0.915. The summed E-state index contributed by atoms with van der Waals surface area (Å²) in [5.41, 5.74) is 6.78. The van der Waals surface area contributed by atoms with Crippen LogP contribution in [0.1, 0.15) is 6.42 Å². The fourth-order valence-corrected chi connectivity index (χ4v) is 3.95. The molecule has 2 aliphatic rings. The van der Waals surface area contributed by atoms with Gasteiger partial charge in [-0.1, -0.05) is 12.1 Å². The summed E-state index contributed by atoms with van der Waals surface area (Å²) in [4.78, 5) is 18.0. The molecule has 3 rings (SSSR count). The Hall–Kier alpha value is -1.04. The molecule has 1 fully saturated rings. The first kappa shape index (κ1) is 13.9. The second-order valence-corrected chi connectivity index (χ2v) is 6.62. The molecule has 4 nitrogen and oxygen atoms in total. The average Bonchev–Trinajstić information content (AvgIpc) is 2.94. The molecule has 2 N–H and O–H groups in total. The number of para-hydroxylation sites is 1. The van der Waals surface area contributed by atoms with Crippen molar-refractivity contribution in [2.24, 2.45) is 11.7 Å². The molecule has 0 saturated carbocycles. The molecule has 5 heteroatoms. The van der Waals surface area contributed by atoms with Gasteiger partial charge >= 0.3 is 0 Å². The summed E-state index contributed by atoms with van der Waals surface area (Å²) in [5, 5.41) is 0. The number of fused-ring (bicyclic) bond motifs is 1. The molecule has 1 atom stereocenters. The Morgan fingerprint density at radius 2 is 2.20 bits per heavy atom. The number of carbonyl (C=O) groups excluding carboxylic acids is 1. The van der Waals surface area contributed by atoms with E-state index in [2.05, 4.69) is 11.0 Å². The molecular formula is C15H21N3OS. The highest BCUT2D eigenvalue weighted by Gasteiger charge is 2.27. The first-order valence-electron chi connectivity index (χ1n) is 7.22. The maximum atomic E-state index is 12.6. The Labute approximate surface area is 124 Å². The summed E-state index contributed by atoms with van der Waals surface area (Å²) < 4.78 is 0. The van der Waals surface area contributed by atoms with Gasteiger partial charge in [-0.3, -0.25) is 9.69 Å². The molecule has 0 bridgehead atoms. The van der Waals surface area contributed by atoms with E-state index in [4.69, 9.17) is 5.73 Å². The van der Waals surface area contributed by atoms with Crippen LogP contribution in [0, 0.1) is 5.92 Å². The second kappa shape index (κ2) is 6.16. The second-order valence-electron chi connectivity index (χ2n) is 5.49. The number of carbonyl (C=O) groups is 1. The number of benzene rings is 1. The minimum absolute atomic E-state index is 0.218. The highest BCUT2D eigenvalue weighted by Crippen LogP contribution is 2.34. The lowest BCUT2D eigenvalue weighted by molar-refractivity contribution is -0.119. The highest BCUT2D eigenvalue weighted by molar-refractivity contribution is 7.99. The molecule has 108 valence electrons. The Kier molecular flexibility index (Phi) is 4.29. The number of likely N-dealkylation sites (tertiary alicyclic amines) is 1. The van der Waals surface area contributed by atoms with Gasteiger partial charge in [-0.05, 0) is 37.6 Å². The minimum atomic E-state index is 0.218. The fourth-order valence-electron chi connectivity index (χ4n) is 2.95. The average molecular weight is 291 g/mol. The van der Waals surface area contributed by atoms with E-state index >= 15 is 0 Å². The molecule has 1 aromatic carbocycles. The summed E-state index contributed by atoms with van der Waals surface area (Å²) >= 11 is 1.83. The van der Waals surface area contributed by atoms with E-state index in [1.165, 1.54) is 4.90 Å². The van der Waals surface area contributed by atoms with Crippen molar-refractivity contribution in [1.82, 2.24) is 4.90 Å². The van der Waals surface area contributed by atoms with Crippen LogP contribution in [0.15, 0.2) is 29.2 Å². The first-order valence-corrected chi connectivity index (χ1v) is 8.21. The van der Waals surface area contributed by atoms with E-state index < -0.39 is 0 Å². The van der Waals surface area contributed by atoms with E-state index in [9.17, 15) is 4.79 Å². The van der Waals surface area contributed by atoms with Gasteiger partial charge in [0.15, 0.2) is 0 Å². The van der Waals surface area contributed by atoms with Crippen molar-refractivity contribution in [1.29, 1.82) is 0 Å². The van der Waals surface area contributed by atoms with Crippen molar-refractivity contribution in [3.63, 3.8) is 0 Å². The summed E-state index contributed by atoms with van der Waals surface area (Å²) in [6.45, 7) is 4.03. The van der Waals surface area contributed by atoms with Crippen LogP contribution in [0.2, 0.25) is 0 Å². The number of nitrogens with zero attached hydrogens (tertiary/aromatic N) is 2. The number of anilines is 1. The first-order chi connectivity index (χ1) is 9.78. The predicted molar refractivity (Wildman–Crippen MR) is 83.1 cm³/mol. The monoisotopic (exact) mass is 291 g/mol. The molecule has 1 aromatic rings. The van der Waals surface area contributed by atoms with Gasteiger partial charge in [0.25, 0.3) is 0 Å². The van der Waals surface area contributed by atoms with Crippen LogP contribution < -0.4 is 10.6 Å². The summed E-state index contributed by atoms with van der Waals surface area (Å²) in [6.07, 6.45) is 1.12. The lowest BCUT2D eigenvalue weighted by atomic mass is 10.1. The Morgan fingerprint density at radius 1 is 1.35 bits per heavy atom. The van der Waals surface area contributed by atoms with Gasteiger partial charge in [-0.2, -0.15) is 0 Å². The molecule has 0 aromatic heterocycles. The van der Waals surface area contributed by atoms with Crippen LogP contribution in [0.3, 0.4) is 0 Å². The molecule has 1 unspecified atom stereocenters. The van der Waals surface area contributed by atoms with Gasteiger partial charge in [0.2, 0.25) is 5.91 Å². The van der Waals surface area contributed by atoms with Crippen LogP contribution in [-0.2, 0) is 4.79 Å². The number of thioether (sulfide) groups is 1. The van der Waals surface area contributed by atoms with Crippen LogP contribution >= 0.6 is 11.8 Å². The zero-order valence-corrected chi connectivity index (χ0v) is 12.4. The molecule has 0 spiro atoms. The minimum Gasteiger partial charge on any atom is -0.330 e. The third-order valence-electron chi connectivity index (χ3n) is 4.09. The van der Waals surface area contributed by atoms with Gasteiger partial charge in [0.1, 0.15) is 0 Å². The van der Waals surface area contributed by atoms with Crippen molar-refractivity contribution in [3.05, 3.63) is 24.3 Å². The Balaban J connectivity index is 1.67. The summed E-state index contributed by atoms with van der Waals surface area (Å²) in [6, 6.07) is 8.18. The number of hydrogen-bond acceptors (Lipinski definition) is 4. The van der Waals surface area contributed by atoms with Gasteiger partial charge in [-0.25, -0.2) is 0 Å². The summed E-state index contributed by atoms with van der Waals surface area (Å²) in [7, 11) is 0. The lowest BCUT2D eigenvalue weighted by Gasteiger charge is -2.30. The van der Waals surface area contributed by atoms with Crippen molar-refractivity contribution >= 4 is 23.4 Å². The van der Waals surface area contributed by atoms with Crippen LogP contribution in [0.25, 0.3) is 0 Å². The standard InChI is InChI=1S/C15H21N3OS/c16-9-12-5-6-17(10-12)11-15(19)18-7-8-20-14-4-2-1-3-13(14)18/h1-4,12H,5-11,16H2. The van der Waals surface area contributed by atoms with Gasteiger partial charge in [0, 0.05) is 23.7 Å². The van der Waals surface area contributed by atoms with Gasteiger partial charge in [-0.15, -0.1) is 11.8 Å². The van der Waals surface area contributed by atoms with E-state index in [1.807, 2.05) is 34.9 Å². The Bertz CT molecular complexity index is 494. The van der Waals surface area contributed by atoms with Crippen molar-refractivity contribution in [2.45, 2.75) is 11.3 Å². The summed E-state index contributed by atoms with van der Waals surface area (Å²) in [5.74, 6) is 1.76. The van der Waals surface area contributed by atoms with E-state index in [-0.39, 0.29) is 5.91 Å². The molecule has 0 aliphatic carbocycles. The van der Waals surface area contributed by atoms with Crippen molar-refractivity contribution in [3.8, 4) is 0 Å². The van der Waals surface area contributed by atoms with Crippen LogP contribution in [0.5, 0.6) is 0 Å². The number of amides is 1. The molecule has 1 amide bonds. The van der Waals surface area contributed by atoms with Crippen LogP contribution in [0.4, 0.5) is 5.69 Å². The van der Waals surface area contributed by atoms with Crippen LogP contribution in [-0.4, -0.2) is 49.3 Å². The number of nitrogens with two attached hydrogens (primary N) is 1. The van der Waals surface area contributed by atoms with E-state index in [0.29, 0.717) is 12.5 Å². The molecule has 20 heavy (non-hydrogen) atoms. The van der Waals surface area contributed by atoms with E-state index in [0.717, 1.165) is 44.0 Å². The largest absolute Gasteiger partial charge is 0.330 e. The smallest absolute Gasteiger partial charge is 0.241 e. The molecule has 0 radical (unpaired) electrons. The molecule has 2 aliphatic heterocycles. The molecule has 1 saturated heterocycles. The van der Waals surface area contributed by atoms with Gasteiger partial charge in [0.05, 0.1) is 12.2 Å². The third kappa shape index (κ3) is 2.85. The lowest BCUT2D eigenvalue weighted by Crippen LogP contribution is -2.42. The topological polar surface area (TPSA) is 49.6 Å². The molecular weight excluding hydrogens is 270 g/mol. The van der Waals surface area contributed by atoms with Crippen molar-refractivity contribution < 1.29 is 4.79 Å². The molecule has 2 heterocycles. The maximum Gasteiger partial charge on any atom is 0.241 e. The third-order valence-corrected chi connectivity index (χ3v) is 5.13. The van der Waals surface area contributed by atoms with Crippen molar-refractivity contribution in [2.75, 3.05) is 43.4 Å². The number of rotatable bonds is 3. The van der Waals surface area contributed by atoms with Gasteiger partial charge < -0.3 is 10.6 Å². The zero-order valence-electron chi connectivity index (χ0n) is 11.6. The maximum absolute atomic E-state index is 12.6. The Morgan fingerprint density at radius 3 is 3.00 bits per heavy atom.